The maximum absolute atomic E-state index is 2.60. The van der Waals surface area contributed by atoms with Gasteiger partial charge in [0.05, 0.1) is 0 Å². The monoisotopic (exact) mass is 944 g/mol. The molecule has 0 bridgehead atoms. The molecular formula is C74H56. The van der Waals surface area contributed by atoms with Crippen molar-refractivity contribution in [2.75, 3.05) is 0 Å². The Morgan fingerprint density at radius 2 is 0.865 bits per heavy atom. The van der Waals surface area contributed by atoms with Crippen molar-refractivity contribution in [3.8, 4) is 33.4 Å². The lowest BCUT2D eigenvalue weighted by molar-refractivity contribution is 0.345. The molecule has 0 heterocycles. The maximum Gasteiger partial charge on any atom is 0.0352 e. The van der Waals surface area contributed by atoms with Gasteiger partial charge in [0, 0.05) is 23.2 Å². The molecule has 6 unspecified atom stereocenters. The minimum Gasteiger partial charge on any atom is -0.0622 e. The van der Waals surface area contributed by atoms with Crippen LogP contribution in [0, 0.1) is 11.8 Å². The quantitative estimate of drug-likeness (QED) is 0.127. The molecular weight excluding hydrogens is 889 g/mol. The van der Waals surface area contributed by atoms with E-state index in [1.165, 1.54) is 107 Å². The molecule has 74 heavy (non-hydrogen) atoms. The van der Waals surface area contributed by atoms with Gasteiger partial charge in [-0.25, -0.2) is 0 Å². The summed E-state index contributed by atoms with van der Waals surface area (Å²) in [4.78, 5) is 0. The summed E-state index contributed by atoms with van der Waals surface area (Å²) in [6, 6.07) is 99.6. The highest BCUT2D eigenvalue weighted by atomic mass is 14.6. The van der Waals surface area contributed by atoms with E-state index in [4.69, 9.17) is 0 Å². The molecule has 1 spiro atoms. The molecule has 11 aromatic rings. The average molecular weight is 945 g/mol. The van der Waals surface area contributed by atoms with E-state index in [0.717, 1.165) is 12.8 Å². The molecule has 0 amide bonds. The highest BCUT2D eigenvalue weighted by Gasteiger charge is 2.62. The van der Waals surface area contributed by atoms with E-state index in [0.29, 0.717) is 11.8 Å². The molecule has 6 atom stereocenters. The van der Waals surface area contributed by atoms with Crippen molar-refractivity contribution in [3.05, 3.63) is 333 Å². The molecule has 0 aromatic heterocycles. The molecule has 0 radical (unpaired) electrons. The Morgan fingerprint density at radius 1 is 0.351 bits per heavy atom. The molecule has 0 N–H and O–H groups in total. The lowest BCUT2D eigenvalue weighted by Gasteiger charge is -2.39. The zero-order valence-electron chi connectivity index (χ0n) is 41.5. The van der Waals surface area contributed by atoms with E-state index < -0.39 is 0 Å². The summed E-state index contributed by atoms with van der Waals surface area (Å²) < 4.78 is 0. The van der Waals surface area contributed by atoms with Crippen LogP contribution in [0.5, 0.6) is 0 Å². The first-order valence-corrected chi connectivity index (χ1v) is 27.0. The maximum atomic E-state index is 2.60. The predicted molar refractivity (Wildman–Crippen MR) is 306 cm³/mol. The molecule has 1 fully saturated rings. The molecule has 1 saturated carbocycles. The van der Waals surface area contributed by atoms with Gasteiger partial charge in [-0.2, -0.15) is 0 Å². The topological polar surface area (TPSA) is 0 Å². The van der Waals surface area contributed by atoms with Crippen molar-refractivity contribution in [1.29, 1.82) is 0 Å². The van der Waals surface area contributed by atoms with E-state index in [1.54, 1.807) is 22.3 Å². The van der Waals surface area contributed by atoms with Gasteiger partial charge in [-0.3, -0.25) is 0 Å². The fraction of sp³-hybridized carbons (Fsp3) is 0.135. The summed E-state index contributed by atoms with van der Waals surface area (Å²) in [5, 5.41) is 2.55. The van der Waals surface area contributed by atoms with Crippen molar-refractivity contribution < 1.29 is 0 Å². The molecule has 4 aliphatic rings. The number of hydrogen-bond acceptors (Lipinski definition) is 0. The van der Waals surface area contributed by atoms with E-state index in [2.05, 4.69) is 261 Å². The van der Waals surface area contributed by atoms with Crippen LogP contribution in [0.2, 0.25) is 0 Å². The van der Waals surface area contributed by atoms with Gasteiger partial charge in [-0.15, -0.1) is 0 Å². The van der Waals surface area contributed by atoms with Crippen molar-refractivity contribution in [2.24, 2.45) is 11.8 Å². The number of fused-ring (bicyclic) bond motifs is 6. The Hall–Kier alpha value is -8.32. The van der Waals surface area contributed by atoms with E-state index in [-0.39, 0.29) is 23.2 Å². The van der Waals surface area contributed by atoms with Crippen LogP contribution in [0.1, 0.15) is 103 Å². The lowest BCUT2D eigenvalue weighted by atomic mass is 9.64. The Balaban J connectivity index is 0.905. The summed E-state index contributed by atoms with van der Waals surface area (Å²) >= 11 is 0. The molecule has 0 aliphatic heterocycles. The SMILES string of the molecule is c1ccc(-c2c(-c3ccc(C(c4ccccc4)c4cccc5c4C46c7c(cccc7C(c7ccccc7)c7ccc8c(c7)C(c7ccccc7)c7ccccc7-8)CC4CCC6C5)cc3)ccc3ccccc23)cc1. The van der Waals surface area contributed by atoms with E-state index in [1.807, 2.05) is 0 Å². The second-order valence-corrected chi connectivity index (χ2v) is 21.7. The van der Waals surface area contributed by atoms with Crippen LogP contribution >= 0.6 is 0 Å². The van der Waals surface area contributed by atoms with Gasteiger partial charge in [-0.1, -0.05) is 261 Å². The van der Waals surface area contributed by atoms with Crippen LogP contribution in [-0.4, -0.2) is 0 Å². The fourth-order valence-electron chi connectivity index (χ4n) is 15.3. The van der Waals surface area contributed by atoms with Gasteiger partial charge >= 0.3 is 0 Å². The standard InChI is InChI=1S/C74H56/c1-5-20-50(21-6-1)68(54-37-35-49(36-38-54)61-43-39-48-19-13-14-30-60(48)70(61)52-24-9-3-10-25-52)65-33-17-28-56-45-58-41-42-59-46-57-29-18-34-66(73(57)74(58,59)72(56)65)69(51-22-7-2-8-23-51)55-40-44-63-62-31-15-16-32-64(62)71(67(63)47-55)53-26-11-4-12-27-53/h1-40,43-44,47,58-59,68-69,71H,41-42,45-46H2. The summed E-state index contributed by atoms with van der Waals surface area (Å²) in [6.45, 7) is 0. The highest BCUT2D eigenvalue weighted by molar-refractivity contribution is 6.04. The first kappa shape index (κ1) is 43.3. The van der Waals surface area contributed by atoms with Gasteiger partial charge < -0.3 is 0 Å². The molecule has 352 valence electrons. The molecule has 0 nitrogen and oxygen atoms in total. The zero-order valence-corrected chi connectivity index (χ0v) is 41.5. The molecule has 0 heteroatoms. The Kier molecular flexibility index (Phi) is 10.2. The third-order valence-electron chi connectivity index (χ3n) is 18.1. The first-order chi connectivity index (χ1) is 36.7. The average Bonchev–Trinajstić information content (AvgIpc) is 4.33. The van der Waals surface area contributed by atoms with Gasteiger partial charge in [0.25, 0.3) is 0 Å². The third kappa shape index (κ3) is 6.60. The molecule has 0 saturated heterocycles. The second kappa shape index (κ2) is 17.4. The van der Waals surface area contributed by atoms with Crippen LogP contribution < -0.4 is 0 Å². The summed E-state index contributed by atoms with van der Waals surface area (Å²) in [5.74, 6) is 1.41. The van der Waals surface area contributed by atoms with Crippen molar-refractivity contribution in [1.82, 2.24) is 0 Å². The van der Waals surface area contributed by atoms with Crippen molar-refractivity contribution in [2.45, 2.75) is 48.9 Å². The Morgan fingerprint density at radius 3 is 1.53 bits per heavy atom. The Labute approximate surface area is 435 Å². The van der Waals surface area contributed by atoms with Crippen LogP contribution in [0.15, 0.2) is 261 Å². The van der Waals surface area contributed by atoms with Gasteiger partial charge in [0.15, 0.2) is 0 Å². The van der Waals surface area contributed by atoms with Crippen molar-refractivity contribution in [3.63, 3.8) is 0 Å². The summed E-state index contributed by atoms with van der Waals surface area (Å²) in [5.41, 5.74) is 26.6. The van der Waals surface area contributed by atoms with Crippen LogP contribution in [0.25, 0.3) is 44.2 Å². The van der Waals surface area contributed by atoms with Crippen LogP contribution in [0.4, 0.5) is 0 Å². The minimum atomic E-state index is -0.0902. The van der Waals surface area contributed by atoms with Crippen molar-refractivity contribution >= 4 is 10.8 Å². The number of rotatable bonds is 9. The first-order valence-electron chi connectivity index (χ1n) is 27.0. The van der Waals surface area contributed by atoms with Gasteiger partial charge in [-0.05, 0) is 154 Å². The Bertz CT molecular complexity index is 3900. The predicted octanol–water partition coefficient (Wildman–Crippen LogP) is 18.1. The van der Waals surface area contributed by atoms with E-state index >= 15 is 0 Å². The number of benzene rings is 11. The number of hydrogen-bond donors (Lipinski definition) is 0. The zero-order chi connectivity index (χ0) is 48.7. The smallest absolute Gasteiger partial charge is 0.0352 e. The van der Waals surface area contributed by atoms with Crippen LogP contribution in [0.3, 0.4) is 0 Å². The third-order valence-corrected chi connectivity index (χ3v) is 18.1. The van der Waals surface area contributed by atoms with Gasteiger partial charge in [0.2, 0.25) is 0 Å². The highest BCUT2D eigenvalue weighted by Crippen LogP contribution is 2.67. The lowest BCUT2D eigenvalue weighted by Crippen LogP contribution is -2.35. The largest absolute Gasteiger partial charge is 0.0622 e. The van der Waals surface area contributed by atoms with Crippen LogP contribution in [-0.2, 0) is 18.3 Å². The fourth-order valence-corrected chi connectivity index (χ4v) is 15.3. The van der Waals surface area contributed by atoms with E-state index in [9.17, 15) is 0 Å². The second-order valence-electron chi connectivity index (χ2n) is 21.7. The molecule has 4 aliphatic carbocycles. The van der Waals surface area contributed by atoms with Gasteiger partial charge in [0.1, 0.15) is 0 Å². The minimum absolute atomic E-state index is 0.0640. The summed E-state index contributed by atoms with van der Waals surface area (Å²) in [7, 11) is 0. The molecule has 15 rings (SSSR count). The normalized spacial score (nSPS) is 19.5. The summed E-state index contributed by atoms with van der Waals surface area (Å²) in [6.07, 6.45) is 4.78. The molecule has 11 aromatic carbocycles.